The first kappa shape index (κ1) is 26.1. The molecular formula is C31H34BNO5. The molecule has 1 fully saturated rings. The van der Waals surface area contributed by atoms with Crippen LogP contribution in [0.4, 0.5) is 4.79 Å². The fourth-order valence-corrected chi connectivity index (χ4v) is 5.00. The molecule has 0 spiro atoms. The average Bonchev–Trinajstić information content (AvgIpc) is 3.31. The summed E-state index contributed by atoms with van der Waals surface area (Å²) in [5, 5.41) is 12.9. The number of aryl methyl sites for hydroxylation is 1. The van der Waals surface area contributed by atoms with E-state index in [1.165, 1.54) is 22.3 Å². The Hall–Kier alpha value is -3.55. The minimum absolute atomic E-state index is 0.0128. The van der Waals surface area contributed by atoms with Crippen molar-refractivity contribution in [3.8, 4) is 16.9 Å². The van der Waals surface area contributed by atoms with Crippen LogP contribution in [0.5, 0.6) is 5.75 Å². The number of alkyl carbamates (subject to hydrolysis) is 1. The zero-order chi connectivity index (χ0) is 27.1. The van der Waals surface area contributed by atoms with Crippen molar-refractivity contribution < 1.29 is 23.9 Å². The molecule has 1 aliphatic carbocycles. The van der Waals surface area contributed by atoms with E-state index in [0.717, 1.165) is 16.6 Å². The number of fused-ring (bicyclic) bond motifs is 3. The number of aromatic hydroxyl groups is 1. The Kier molecular flexibility index (Phi) is 6.84. The van der Waals surface area contributed by atoms with Gasteiger partial charge in [0, 0.05) is 12.5 Å². The number of amides is 1. The van der Waals surface area contributed by atoms with E-state index in [2.05, 4.69) is 29.6 Å². The lowest BCUT2D eigenvalue weighted by Crippen LogP contribution is -2.41. The number of nitrogens with one attached hydrogen (secondary N) is 1. The summed E-state index contributed by atoms with van der Waals surface area (Å²) < 4.78 is 18.3. The molecule has 3 aromatic carbocycles. The summed E-state index contributed by atoms with van der Waals surface area (Å²) in [5.74, 6) is 0.154. The quantitative estimate of drug-likeness (QED) is 0.383. The van der Waals surface area contributed by atoms with Crippen molar-refractivity contribution in [3.05, 3.63) is 94.5 Å². The standard InChI is InChI=1S/C31H34BNO5/c1-20-14-15-23(34)17-21(20)16-22(32-37-30(2,3)31(4,5)38-32)18-33-29(35)36-19-28-26-12-8-6-10-24(26)25-11-7-9-13-27(25)28/h6-17,28,34H,18-19H2,1-5H3,(H,33,35). The molecule has 0 radical (unpaired) electrons. The molecule has 0 atom stereocenters. The van der Waals surface area contributed by atoms with Crippen molar-refractivity contribution >= 4 is 19.3 Å². The van der Waals surface area contributed by atoms with Crippen LogP contribution in [0.2, 0.25) is 0 Å². The number of phenols is 1. The highest BCUT2D eigenvalue weighted by molar-refractivity contribution is 6.56. The highest BCUT2D eigenvalue weighted by Gasteiger charge is 2.52. The SMILES string of the molecule is Cc1ccc(O)cc1C=C(CNC(=O)OCC1c2ccccc2-c2ccccc21)B1OC(C)(C)C(C)(C)O1. The zero-order valence-corrected chi connectivity index (χ0v) is 22.6. The third kappa shape index (κ3) is 4.96. The first-order valence-electron chi connectivity index (χ1n) is 13.0. The summed E-state index contributed by atoms with van der Waals surface area (Å²) in [4.78, 5) is 12.9. The van der Waals surface area contributed by atoms with Gasteiger partial charge in [0.15, 0.2) is 0 Å². The van der Waals surface area contributed by atoms with Crippen LogP contribution in [-0.2, 0) is 14.0 Å². The Morgan fingerprint density at radius 1 is 0.974 bits per heavy atom. The van der Waals surface area contributed by atoms with Crippen molar-refractivity contribution in [2.75, 3.05) is 13.2 Å². The van der Waals surface area contributed by atoms with Crippen LogP contribution in [0.3, 0.4) is 0 Å². The van der Waals surface area contributed by atoms with E-state index in [1.54, 1.807) is 12.1 Å². The van der Waals surface area contributed by atoms with E-state index in [9.17, 15) is 9.90 Å². The first-order valence-corrected chi connectivity index (χ1v) is 13.0. The minimum Gasteiger partial charge on any atom is -0.508 e. The monoisotopic (exact) mass is 511 g/mol. The lowest BCUT2D eigenvalue weighted by atomic mass is 9.76. The fraction of sp³-hybridized carbons (Fsp3) is 0.323. The van der Waals surface area contributed by atoms with Gasteiger partial charge >= 0.3 is 13.2 Å². The molecule has 5 rings (SSSR count). The Labute approximate surface area is 224 Å². The maximum atomic E-state index is 12.9. The molecule has 7 heteroatoms. The van der Waals surface area contributed by atoms with Crippen molar-refractivity contribution in [1.82, 2.24) is 5.32 Å². The summed E-state index contributed by atoms with van der Waals surface area (Å²) in [6, 6.07) is 21.7. The number of hydrogen-bond donors (Lipinski definition) is 2. The Morgan fingerprint density at radius 2 is 1.55 bits per heavy atom. The lowest BCUT2D eigenvalue weighted by Gasteiger charge is -2.32. The second kappa shape index (κ2) is 9.97. The van der Waals surface area contributed by atoms with E-state index in [0.29, 0.717) is 0 Å². The molecule has 2 aliphatic rings. The summed E-state index contributed by atoms with van der Waals surface area (Å²) in [7, 11) is -0.657. The molecule has 2 N–H and O–H groups in total. The number of carbonyl (C=O) groups excluding carboxylic acids is 1. The van der Waals surface area contributed by atoms with Gasteiger partial charge in [0.2, 0.25) is 0 Å². The second-order valence-electron chi connectivity index (χ2n) is 11.0. The molecule has 6 nitrogen and oxygen atoms in total. The van der Waals surface area contributed by atoms with E-state index in [4.69, 9.17) is 14.0 Å². The molecule has 0 bridgehead atoms. The highest BCUT2D eigenvalue weighted by atomic mass is 16.7. The normalized spacial score (nSPS) is 17.7. The smallest absolute Gasteiger partial charge is 0.492 e. The number of phenolic OH excluding ortho intramolecular Hbond substituents is 1. The molecule has 1 heterocycles. The van der Waals surface area contributed by atoms with Crippen molar-refractivity contribution in [3.63, 3.8) is 0 Å². The third-order valence-electron chi connectivity index (χ3n) is 7.94. The molecule has 0 unspecified atom stereocenters. The van der Waals surface area contributed by atoms with E-state index in [-0.39, 0.29) is 24.8 Å². The van der Waals surface area contributed by atoms with Crippen LogP contribution in [0.25, 0.3) is 17.2 Å². The predicted molar refractivity (Wildman–Crippen MR) is 150 cm³/mol. The summed E-state index contributed by atoms with van der Waals surface area (Å²) >= 11 is 0. The Bertz CT molecular complexity index is 1340. The van der Waals surface area contributed by atoms with Gasteiger partial charge in [-0.15, -0.1) is 0 Å². The average molecular weight is 511 g/mol. The maximum Gasteiger partial charge on any atom is 0.492 e. The van der Waals surface area contributed by atoms with E-state index >= 15 is 0 Å². The number of rotatable bonds is 6. The molecule has 196 valence electrons. The second-order valence-corrected chi connectivity index (χ2v) is 11.0. The largest absolute Gasteiger partial charge is 0.508 e. The van der Waals surface area contributed by atoms with Gasteiger partial charge in [-0.1, -0.05) is 60.7 Å². The van der Waals surface area contributed by atoms with Crippen molar-refractivity contribution in [2.45, 2.75) is 51.7 Å². The molecule has 0 saturated carbocycles. The topological polar surface area (TPSA) is 77.0 Å². The van der Waals surface area contributed by atoms with Crippen LogP contribution in [-0.4, -0.2) is 42.7 Å². The van der Waals surface area contributed by atoms with Gasteiger partial charge in [-0.3, -0.25) is 0 Å². The van der Waals surface area contributed by atoms with Crippen LogP contribution in [0.1, 0.15) is 55.9 Å². The van der Waals surface area contributed by atoms with Crippen LogP contribution < -0.4 is 5.32 Å². The molecule has 1 saturated heterocycles. The number of hydrogen-bond acceptors (Lipinski definition) is 5. The van der Waals surface area contributed by atoms with E-state index < -0.39 is 24.4 Å². The summed E-state index contributed by atoms with van der Waals surface area (Å²) in [5.41, 5.74) is 6.17. The van der Waals surface area contributed by atoms with Gasteiger partial charge in [-0.2, -0.15) is 0 Å². The molecule has 38 heavy (non-hydrogen) atoms. The van der Waals surface area contributed by atoms with Gasteiger partial charge in [0.1, 0.15) is 12.4 Å². The third-order valence-corrected chi connectivity index (χ3v) is 7.94. The molecular weight excluding hydrogens is 477 g/mol. The van der Waals surface area contributed by atoms with Crippen LogP contribution in [0, 0.1) is 6.92 Å². The number of carbonyl (C=O) groups is 1. The minimum atomic E-state index is -0.657. The molecule has 1 amide bonds. The lowest BCUT2D eigenvalue weighted by molar-refractivity contribution is 0.00578. The van der Waals surface area contributed by atoms with Gasteiger partial charge in [-0.05, 0) is 85.6 Å². The van der Waals surface area contributed by atoms with Gasteiger partial charge in [0.25, 0.3) is 0 Å². The summed E-state index contributed by atoms with van der Waals surface area (Å²) in [6.07, 6.45) is 1.39. The molecule has 1 aliphatic heterocycles. The predicted octanol–water partition coefficient (Wildman–Crippen LogP) is 6.25. The molecule has 0 aromatic heterocycles. The van der Waals surface area contributed by atoms with Gasteiger partial charge < -0.3 is 24.5 Å². The maximum absolute atomic E-state index is 12.9. The van der Waals surface area contributed by atoms with Gasteiger partial charge in [0.05, 0.1) is 11.2 Å². The van der Waals surface area contributed by atoms with E-state index in [1.807, 2.05) is 71.0 Å². The summed E-state index contributed by atoms with van der Waals surface area (Å²) in [6.45, 7) is 10.3. The van der Waals surface area contributed by atoms with Crippen LogP contribution >= 0.6 is 0 Å². The van der Waals surface area contributed by atoms with Crippen molar-refractivity contribution in [2.24, 2.45) is 0 Å². The van der Waals surface area contributed by atoms with Gasteiger partial charge in [-0.25, -0.2) is 4.79 Å². The fourth-order valence-electron chi connectivity index (χ4n) is 5.00. The van der Waals surface area contributed by atoms with Crippen LogP contribution in [0.15, 0.2) is 72.2 Å². The first-order chi connectivity index (χ1) is 18.1. The zero-order valence-electron chi connectivity index (χ0n) is 22.6. The number of ether oxygens (including phenoxy) is 1. The van der Waals surface area contributed by atoms with Crippen molar-refractivity contribution in [1.29, 1.82) is 0 Å². The highest BCUT2D eigenvalue weighted by Crippen LogP contribution is 2.44. The Balaban J connectivity index is 1.31. The number of benzene rings is 3. The Morgan fingerprint density at radius 3 is 2.16 bits per heavy atom. The molecule has 3 aromatic rings.